The van der Waals surface area contributed by atoms with Crippen LogP contribution in [0.15, 0.2) is 0 Å². The highest BCUT2D eigenvalue weighted by Crippen LogP contribution is 2.16. The van der Waals surface area contributed by atoms with Crippen molar-refractivity contribution < 1.29 is 14.3 Å². The van der Waals surface area contributed by atoms with E-state index in [0.29, 0.717) is 19.7 Å². The number of hydrogen-bond donors (Lipinski definition) is 1. The van der Waals surface area contributed by atoms with Crippen LogP contribution in [0.3, 0.4) is 0 Å². The Hall–Kier alpha value is -1.10. The summed E-state index contributed by atoms with van der Waals surface area (Å²) in [6, 6.07) is 0. The summed E-state index contributed by atoms with van der Waals surface area (Å²) in [7, 11) is 0. The van der Waals surface area contributed by atoms with Crippen LogP contribution in [0.2, 0.25) is 0 Å². The second kappa shape index (κ2) is 5.30. The highest BCUT2D eigenvalue weighted by molar-refractivity contribution is 5.86. The predicted molar refractivity (Wildman–Crippen MR) is 57.7 cm³/mol. The molecule has 0 bridgehead atoms. The topological polar surface area (TPSA) is 58.6 Å². The molecule has 16 heavy (non-hydrogen) atoms. The van der Waals surface area contributed by atoms with Crippen molar-refractivity contribution in [2.75, 3.05) is 32.8 Å². The summed E-state index contributed by atoms with van der Waals surface area (Å²) in [4.78, 5) is 25.1. The zero-order valence-electron chi connectivity index (χ0n) is 9.41. The minimum atomic E-state index is -0.0532. The van der Waals surface area contributed by atoms with Gasteiger partial charge in [-0.2, -0.15) is 0 Å². The maximum absolute atomic E-state index is 12.1. The largest absolute Gasteiger partial charge is 0.381 e. The maximum Gasteiger partial charge on any atom is 0.239 e. The predicted octanol–water partition coefficient (Wildman–Crippen LogP) is -0.238. The van der Waals surface area contributed by atoms with Crippen molar-refractivity contribution in [1.29, 1.82) is 0 Å². The molecule has 2 fully saturated rings. The molecule has 0 radical (unpaired) electrons. The summed E-state index contributed by atoms with van der Waals surface area (Å²) in [6.07, 6.45) is 2.67. The minimum absolute atomic E-state index is 0.0420. The monoisotopic (exact) mass is 226 g/mol. The zero-order chi connectivity index (χ0) is 11.4. The van der Waals surface area contributed by atoms with Crippen LogP contribution < -0.4 is 5.32 Å². The first kappa shape index (κ1) is 11.4. The summed E-state index contributed by atoms with van der Waals surface area (Å²) >= 11 is 0. The number of amides is 2. The third-order valence-electron chi connectivity index (χ3n) is 3.08. The van der Waals surface area contributed by atoms with Crippen LogP contribution in [0.5, 0.6) is 0 Å². The van der Waals surface area contributed by atoms with E-state index in [1.807, 2.05) is 0 Å². The lowest BCUT2D eigenvalue weighted by Gasteiger charge is -2.27. The van der Waals surface area contributed by atoms with Crippen LogP contribution >= 0.6 is 0 Å². The van der Waals surface area contributed by atoms with Crippen molar-refractivity contribution in [2.24, 2.45) is 5.92 Å². The molecule has 2 aliphatic rings. The lowest BCUT2D eigenvalue weighted by molar-refractivity contribution is -0.142. The number of rotatable bonds is 1. The van der Waals surface area contributed by atoms with Gasteiger partial charge in [-0.1, -0.05) is 0 Å². The van der Waals surface area contributed by atoms with E-state index in [-0.39, 0.29) is 24.3 Å². The van der Waals surface area contributed by atoms with Gasteiger partial charge < -0.3 is 15.0 Å². The summed E-state index contributed by atoms with van der Waals surface area (Å²) in [5.41, 5.74) is 0. The van der Waals surface area contributed by atoms with Gasteiger partial charge in [-0.15, -0.1) is 0 Å². The Balaban J connectivity index is 1.93. The SMILES string of the molecule is O=C1CN(C(=O)C2CCCOC2)CCCN1. The van der Waals surface area contributed by atoms with Gasteiger partial charge in [0.1, 0.15) is 0 Å². The number of hydrogen-bond acceptors (Lipinski definition) is 3. The van der Waals surface area contributed by atoms with Crippen LogP contribution in [-0.4, -0.2) is 49.6 Å². The van der Waals surface area contributed by atoms with E-state index < -0.39 is 0 Å². The molecule has 0 aromatic heterocycles. The fourth-order valence-electron chi connectivity index (χ4n) is 2.19. The molecule has 0 spiro atoms. The average molecular weight is 226 g/mol. The van der Waals surface area contributed by atoms with Crippen LogP contribution in [0.25, 0.3) is 0 Å². The molecule has 2 amide bonds. The van der Waals surface area contributed by atoms with Crippen LogP contribution in [0.1, 0.15) is 19.3 Å². The van der Waals surface area contributed by atoms with E-state index in [1.54, 1.807) is 4.90 Å². The first-order valence-corrected chi connectivity index (χ1v) is 5.90. The maximum atomic E-state index is 12.1. The molecule has 5 nitrogen and oxygen atoms in total. The van der Waals surface area contributed by atoms with Gasteiger partial charge in [0.15, 0.2) is 0 Å². The molecule has 1 N–H and O–H groups in total. The number of carbonyl (C=O) groups is 2. The molecule has 2 heterocycles. The van der Waals surface area contributed by atoms with Crippen molar-refractivity contribution in [1.82, 2.24) is 10.2 Å². The molecule has 90 valence electrons. The molecule has 2 aliphatic heterocycles. The molecule has 0 aliphatic carbocycles. The molecule has 0 saturated carbocycles. The first-order valence-electron chi connectivity index (χ1n) is 5.90. The minimum Gasteiger partial charge on any atom is -0.381 e. The number of nitrogens with one attached hydrogen (secondary N) is 1. The van der Waals surface area contributed by atoms with Gasteiger partial charge in [0, 0.05) is 19.7 Å². The molecule has 5 heteroatoms. The van der Waals surface area contributed by atoms with E-state index >= 15 is 0 Å². The summed E-state index contributed by atoms with van der Waals surface area (Å²) in [5.74, 6) is -0.0148. The van der Waals surface area contributed by atoms with Crippen molar-refractivity contribution in [3.63, 3.8) is 0 Å². The number of nitrogens with zero attached hydrogens (tertiary/aromatic N) is 1. The Bertz CT molecular complexity index is 274. The third kappa shape index (κ3) is 2.72. The quantitative estimate of drug-likeness (QED) is 0.671. The van der Waals surface area contributed by atoms with E-state index in [4.69, 9.17) is 4.74 Å². The van der Waals surface area contributed by atoms with Gasteiger partial charge in [0.05, 0.1) is 19.1 Å². The lowest BCUT2D eigenvalue weighted by Crippen LogP contribution is -2.42. The smallest absolute Gasteiger partial charge is 0.239 e. The summed E-state index contributed by atoms with van der Waals surface area (Å²) < 4.78 is 5.30. The fourth-order valence-corrected chi connectivity index (χ4v) is 2.19. The molecule has 0 aromatic rings. The standard InChI is InChI=1S/C11H18N2O3/c14-10-7-13(5-2-4-12-10)11(15)9-3-1-6-16-8-9/h9H,1-8H2,(H,12,14). The highest BCUT2D eigenvalue weighted by Gasteiger charge is 2.28. The van der Waals surface area contributed by atoms with E-state index in [1.165, 1.54) is 0 Å². The highest BCUT2D eigenvalue weighted by atomic mass is 16.5. The molecule has 1 atom stereocenters. The summed E-state index contributed by atoms with van der Waals surface area (Å²) in [5, 5.41) is 2.77. The third-order valence-corrected chi connectivity index (χ3v) is 3.08. The van der Waals surface area contributed by atoms with Crippen LogP contribution in [0.4, 0.5) is 0 Å². The fraction of sp³-hybridized carbons (Fsp3) is 0.818. The Kier molecular flexibility index (Phi) is 3.77. The van der Waals surface area contributed by atoms with Crippen LogP contribution in [0, 0.1) is 5.92 Å². The zero-order valence-corrected chi connectivity index (χ0v) is 9.41. The second-order valence-electron chi connectivity index (χ2n) is 4.38. The molecule has 2 saturated heterocycles. The van der Waals surface area contributed by atoms with E-state index in [0.717, 1.165) is 25.9 Å². The summed E-state index contributed by atoms with van der Waals surface area (Å²) in [6.45, 7) is 2.81. The van der Waals surface area contributed by atoms with Crippen LogP contribution in [-0.2, 0) is 14.3 Å². The number of ether oxygens (including phenoxy) is 1. The van der Waals surface area contributed by atoms with Gasteiger partial charge in [-0.05, 0) is 19.3 Å². The molecule has 2 rings (SSSR count). The number of carbonyl (C=O) groups excluding carboxylic acids is 2. The Morgan fingerprint density at radius 3 is 3.06 bits per heavy atom. The average Bonchev–Trinajstić information content (AvgIpc) is 2.54. The van der Waals surface area contributed by atoms with Crippen molar-refractivity contribution in [3.05, 3.63) is 0 Å². The van der Waals surface area contributed by atoms with Gasteiger partial charge >= 0.3 is 0 Å². The molecule has 0 aromatic carbocycles. The molecular weight excluding hydrogens is 208 g/mol. The van der Waals surface area contributed by atoms with Gasteiger partial charge in [0.2, 0.25) is 11.8 Å². The Morgan fingerprint density at radius 2 is 2.31 bits per heavy atom. The van der Waals surface area contributed by atoms with Gasteiger partial charge in [0.25, 0.3) is 0 Å². The first-order chi connectivity index (χ1) is 7.77. The second-order valence-corrected chi connectivity index (χ2v) is 4.38. The Morgan fingerprint density at radius 1 is 1.44 bits per heavy atom. The van der Waals surface area contributed by atoms with E-state index in [9.17, 15) is 9.59 Å². The van der Waals surface area contributed by atoms with Crippen molar-refractivity contribution >= 4 is 11.8 Å². The van der Waals surface area contributed by atoms with Gasteiger partial charge in [-0.25, -0.2) is 0 Å². The molecular formula is C11H18N2O3. The van der Waals surface area contributed by atoms with Crippen molar-refractivity contribution in [2.45, 2.75) is 19.3 Å². The Labute approximate surface area is 95.1 Å². The lowest BCUT2D eigenvalue weighted by atomic mass is 10.0. The molecule has 1 unspecified atom stereocenters. The van der Waals surface area contributed by atoms with E-state index in [2.05, 4.69) is 5.32 Å². The van der Waals surface area contributed by atoms with Gasteiger partial charge in [-0.3, -0.25) is 9.59 Å². The van der Waals surface area contributed by atoms with Crippen molar-refractivity contribution in [3.8, 4) is 0 Å². The normalized spacial score (nSPS) is 27.1.